The van der Waals surface area contributed by atoms with Crippen molar-refractivity contribution >= 4 is 19.7 Å². The van der Waals surface area contributed by atoms with Crippen LogP contribution in [0.2, 0.25) is 0 Å². The molecule has 2 N–H and O–H groups in total. The first kappa shape index (κ1) is 22.2. The van der Waals surface area contributed by atoms with Crippen LogP contribution in [0.4, 0.5) is 25.2 Å². The number of carboxylic acid groups (broad SMARTS) is 2. The molecule has 144 valence electrons. The number of aromatic carboxylic acids is 2. The first-order chi connectivity index (χ1) is 11.5. The summed E-state index contributed by atoms with van der Waals surface area (Å²) < 4.78 is 61.1. The fourth-order valence-electron chi connectivity index (χ4n) is 1.49. The maximum Gasteiger partial charge on any atom is 0.357 e. The predicted molar refractivity (Wildman–Crippen MR) is 77.8 cm³/mol. The number of hydrogen-bond donors (Lipinski definition) is 2. The van der Waals surface area contributed by atoms with Crippen molar-refractivity contribution in [2.75, 3.05) is 0 Å². The van der Waals surface area contributed by atoms with Gasteiger partial charge in [0.15, 0.2) is 7.14 Å². The largest absolute Gasteiger partial charge is 0.478 e. The monoisotopic (exact) mass is 514 g/mol. The standard InChI is InChI=1S/C14H9IO4.F6P/c16-13(17)9-3-1-5-11(7-9)15-12-6-2-4-10(8-12)14(18)19;1-7(2,3,4,5)6/h1-8H,(H-,16,17,18,19);/q;-1/p+1. The third kappa shape index (κ3) is 10.9. The second kappa shape index (κ2) is 7.03. The molecule has 0 saturated heterocycles. The third-order valence-electron chi connectivity index (χ3n) is 2.36. The van der Waals surface area contributed by atoms with Gasteiger partial charge in [0.05, 0.1) is 11.1 Å². The van der Waals surface area contributed by atoms with Crippen LogP contribution in [0.15, 0.2) is 48.5 Å². The Labute approximate surface area is 153 Å². The van der Waals surface area contributed by atoms with Gasteiger partial charge >= 0.3 is 66.1 Å². The number of hydrogen-bond acceptors (Lipinski definition) is 2. The van der Waals surface area contributed by atoms with E-state index in [0.29, 0.717) is 0 Å². The fourth-order valence-corrected chi connectivity index (χ4v) is 3.96. The molecule has 0 unspecified atom stereocenters. The smallest absolute Gasteiger partial charge is 0.357 e. The van der Waals surface area contributed by atoms with Gasteiger partial charge in [0.2, 0.25) is 0 Å². The Morgan fingerprint density at radius 1 is 0.731 bits per heavy atom. The van der Waals surface area contributed by atoms with Gasteiger partial charge in [0, 0.05) is 12.1 Å². The predicted octanol–water partition coefficient (Wildman–Crippen LogP) is 2.59. The van der Waals surface area contributed by atoms with Crippen molar-refractivity contribution in [1.82, 2.24) is 0 Å². The van der Waals surface area contributed by atoms with Crippen LogP contribution in [0, 0.1) is 7.14 Å². The van der Waals surface area contributed by atoms with Gasteiger partial charge in [0.1, 0.15) is 0 Å². The van der Waals surface area contributed by atoms with Gasteiger partial charge in [-0.25, -0.2) is 9.59 Å². The molecule has 0 saturated carbocycles. The van der Waals surface area contributed by atoms with Gasteiger partial charge in [0.25, 0.3) is 0 Å². The molecule has 4 nitrogen and oxygen atoms in total. The number of halogens is 7. The number of rotatable bonds is 4. The van der Waals surface area contributed by atoms with Crippen LogP contribution in [-0.2, 0) is 0 Å². The van der Waals surface area contributed by atoms with Crippen LogP contribution >= 0.6 is 7.81 Å². The molecule has 2 aromatic rings. The Balaban J connectivity index is 0.000000412. The van der Waals surface area contributed by atoms with Crippen LogP contribution in [0.5, 0.6) is 0 Å². The minimum atomic E-state index is -10.7. The molecule has 0 radical (unpaired) electrons. The van der Waals surface area contributed by atoms with Crippen molar-refractivity contribution < 1.29 is 66.2 Å². The summed E-state index contributed by atoms with van der Waals surface area (Å²) in [6.07, 6.45) is 0. The van der Waals surface area contributed by atoms with E-state index in [1.54, 1.807) is 36.4 Å². The zero-order chi connectivity index (χ0) is 20.2. The van der Waals surface area contributed by atoms with Gasteiger partial charge < -0.3 is 10.2 Å². The summed E-state index contributed by atoms with van der Waals surface area (Å²) >= 11 is -0.583. The van der Waals surface area contributed by atoms with Gasteiger partial charge in [-0.05, 0) is 24.3 Å². The summed E-state index contributed by atoms with van der Waals surface area (Å²) in [4.78, 5) is 21.8. The minimum Gasteiger partial charge on any atom is -0.478 e. The van der Waals surface area contributed by atoms with Crippen LogP contribution in [0.1, 0.15) is 20.7 Å². The molecule has 0 amide bonds. The zero-order valence-corrected chi connectivity index (χ0v) is 15.5. The SMILES string of the molecule is F[P-](F)(F)(F)(F)F.O=C(O)c1cccc([I+]c2cccc(C(=O)O)c2)c1. The van der Waals surface area contributed by atoms with Gasteiger partial charge in [-0.3, -0.25) is 0 Å². The molecule has 0 aromatic heterocycles. The summed E-state index contributed by atoms with van der Waals surface area (Å²) in [5.74, 6) is -1.91. The molecule has 0 fully saturated rings. The van der Waals surface area contributed by atoms with E-state index < -0.39 is 41.0 Å². The molecule has 0 heterocycles. The van der Waals surface area contributed by atoms with Crippen LogP contribution in [0.25, 0.3) is 0 Å². The molecule has 12 heteroatoms. The third-order valence-corrected chi connectivity index (χ3v) is 4.95. The molecule has 0 spiro atoms. The first-order valence-electron chi connectivity index (χ1n) is 6.39. The molecule has 0 aliphatic rings. The molecular weight excluding hydrogens is 504 g/mol. The zero-order valence-electron chi connectivity index (χ0n) is 12.4. The molecule has 0 aliphatic heterocycles. The van der Waals surface area contributed by atoms with E-state index in [1.807, 2.05) is 12.1 Å². The average molecular weight is 514 g/mol. The maximum absolute atomic E-state index is 10.9. The second-order valence-electron chi connectivity index (χ2n) is 4.68. The molecule has 26 heavy (non-hydrogen) atoms. The minimum absolute atomic E-state index is 0.256. The normalized spacial score (nSPS) is 13.6. The van der Waals surface area contributed by atoms with Gasteiger partial charge in [-0.15, -0.1) is 0 Å². The van der Waals surface area contributed by atoms with E-state index in [-0.39, 0.29) is 11.1 Å². The van der Waals surface area contributed by atoms with Gasteiger partial charge in [-0.1, -0.05) is 12.1 Å². The molecule has 2 rings (SSSR count). The Kier molecular flexibility index (Phi) is 5.99. The first-order valence-corrected chi connectivity index (χ1v) is 10.6. The fraction of sp³-hybridized carbons (Fsp3) is 0. The Morgan fingerprint density at radius 3 is 1.31 bits per heavy atom. The van der Waals surface area contributed by atoms with Crippen molar-refractivity contribution in [3.05, 3.63) is 66.8 Å². The summed E-state index contributed by atoms with van der Waals surface area (Å²) in [7, 11) is -10.7. The topological polar surface area (TPSA) is 74.6 Å². The number of benzene rings is 2. The molecule has 0 atom stereocenters. The van der Waals surface area contributed by atoms with Crippen LogP contribution < -0.4 is 21.2 Å². The molecule has 0 aliphatic carbocycles. The van der Waals surface area contributed by atoms with Crippen molar-refractivity contribution in [1.29, 1.82) is 0 Å². The van der Waals surface area contributed by atoms with Crippen molar-refractivity contribution in [3.8, 4) is 0 Å². The molecular formula is C14H10F6IO4P. The Morgan fingerprint density at radius 2 is 1.04 bits per heavy atom. The molecule has 0 bridgehead atoms. The van der Waals surface area contributed by atoms with Gasteiger partial charge in [-0.2, -0.15) is 0 Å². The maximum atomic E-state index is 10.9. The summed E-state index contributed by atoms with van der Waals surface area (Å²) in [6.45, 7) is 0. The molecule has 2 aromatic carbocycles. The van der Waals surface area contributed by atoms with E-state index in [2.05, 4.69) is 0 Å². The van der Waals surface area contributed by atoms with E-state index in [9.17, 15) is 34.8 Å². The van der Waals surface area contributed by atoms with Crippen LogP contribution in [0.3, 0.4) is 0 Å². The van der Waals surface area contributed by atoms with Crippen molar-refractivity contribution in [2.45, 2.75) is 0 Å². The summed E-state index contributed by atoms with van der Waals surface area (Å²) in [5, 5.41) is 17.9. The van der Waals surface area contributed by atoms with E-state index >= 15 is 0 Å². The average Bonchev–Trinajstić information content (AvgIpc) is 2.44. The summed E-state index contributed by atoms with van der Waals surface area (Å²) in [5.41, 5.74) is 0.512. The van der Waals surface area contributed by atoms with Crippen molar-refractivity contribution in [3.63, 3.8) is 0 Å². The van der Waals surface area contributed by atoms with E-state index in [0.717, 1.165) is 7.14 Å². The summed E-state index contributed by atoms with van der Waals surface area (Å²) in [6, 6.07) is 13.5. The van der Waals surface area contributed by atoms with E-state index in [1.165, 1.54) is 0 Å². The van der Waals surface area contributed by atoms with Crippen LogP contribution in [-0.4, -0.2) is 22.2 Å². The quantitative estimate of drug-likeness (QED) is 0.374. The number of carboxylic acids is 2. The second-order valence-corrected chi connectivity index (χ2v) is 9.63. The Hall–Kier alpha value is -1.88. The Bertz CT molecular complexity index is 772. The van der Waals surface area contributed by atoms with Crippen molar-refractivity contribution in [2.24, 2.45) is 0 Å². The van der Waals surface area contributed by atoms with E-state index in [4.69, 9.17) is 10.2 Å². The number of carbonyl (C=O) groups is 2.